The third-order valence-corrected chi connectivity index (χ3v) is 3.76. The van der Waals surface area contributed by atoms with Crippen LogP contribution in [0, 0.1) is 5.92 Å². The molecule has 0 saturated carbocycles. The average Bonchev–Trinajstić information content (AvgIpc) is 2.39. The highest BCUT2D eigenvalue weighted by Crippen LogP contribution is 2.30. The summed E-state index contributed by atoms with van der Waals surface area (Å²) in [4.78, 5) is 2.29. The molecule has 1 aliphatic heterocycles. The Bertz CT molecular complexity index is 376. The van der Waals surface area contributed by atoms with Crippen LogP contribution in [0.3, 0.4) is 0 Å². The maximum Gasteiger partial charge on any atom is 0.0642 e. The Balaban J connectivity index is 2.08. The van der Waals surface area contributed by atoms with Gasteiger partial charge >= 0.3 is 0 Å². The summed E-state index contributed by atoms with van der Waals surface area (Å²) in [6.07, 6.45) is 2.07. The molecular formula is C13H19ClN2O. The number of aliphatic hydroxyl groups excluding tert-OH is 1. The van der Waals surface area contributed by atoms with E-state index in [2.05, 4.69) is 4.90 Å². The van der Waals surface area contributed by atoms with Crippen molar-refractivity contribution in [2.45, 2.75) is 19.4 Å². The summed E-state index contributed by atoms with van der Waals surface area (Å²) < 4.78 is 0. The van der Waals surface area contributed by atoms with E-state index in [1.165, 1.54) is 0 Å². The first-order valence-electron chi connectivity index (χ1n) is 6.09. The maximum absolute atomic E-state index is 9.11. The lowest BCUT2D eigenvalue weighted by atomic mass is 9.97. The van der Waals surface area contributed by atoms with Crippen molar-refractivity contribution in [3.8, 4) is 0 Å². The van der Waals surface area contributed by atoms with Gasteiger partial charge in [-0.15, -0.1) is 0 Å². The van der Waals surface area contributed by atoms with Crippen LogP contribution in [0.1, 0.15) is 18.4 Å². The highest BCUT2D eigenvalue weighted by atomic mass is 35.5. The van der Waals surface area contributed by atoms with E-state index >= 15 is 0 Å². The fourth-order valence-corrected chi connectivity index (χ4v) is 2.61. The molecule has 1 aliphatic rings. The summed E-state index contributed by atoms with van der Waals surface area (Å²) in [5, 5.41) is 9.89. The summed E-state index contributed by atoms with van der Waals surface area (Å²) in [6.45, 7) is 2.75. The van der Waals surface area contributed by atoms with Crippen molar-refractivity contribution >= 4 is 17.3 Å². The molecule has 1 heterocycles. The number of halogens is 1. The molecule has 0 bridgehead atoms. The molecule has 1 aromatic rings. The molecule has 94 valence electrons. The van der Waals surface area contributed by atoms with Gasteiger partial charge in [0.1, 0.15) is 0 Å². The number of benzene rings is 1. The Morgan fingerprint density at radius 2 is 2.06 bits per heavy atom. The van der Waals surface area contributed by atoms with Gasteiger partial charge in [0.25, 0.3) is 0 Å². The number of nitrogens with two attached hydrogens (primary N) is 1. The summed E-state index contributed by atoms with van der Waals surface area (Å²) in [5.41, 5.74) is 7.73. The number of hydrogen-bond acceptors (Lipinski definition) is 3. The van der Waals surface area contributed by atoms with Crippen molar-refractivity contribution in [1.82, 2.24) is 0 Å². The molecule has 0 unspecified atom stereocenters. The minimum absolute atomic E-state index is 0.299. The first kappa shape index (κ1) is 12.7. The lowest BCUT2D eigenvalue weighted by molar-refractivity contribution is 0.203. The van der Waals surface area contributed by atoms with E-state index in [1.54, 1.807) is 0 Å². The Labute approximate surface area is 107 Å². The molecule has 3 N–H and O–H groups in total. The number of rotatable bonds is 3. The van der Waals surface area contributed by atoms with Gasteiger partial charge in [0.05, 0.1) is 10.7 Å². The zero-order chi connectivity index (χ0) is 12.3. The van der Waals surface area contributed by atoms with Gasteiger partial charge in [-0.25, -0.2) is 0 Å². The third kappa shape index (κ3) is 2.92. The smallest absolute Gasteiger partial charge is 0.0642 e. The van der Waals surface area contributed by atoms with Gasteiger partial charge in [0.2, 0.25) is 0 Å². The lowest BCUT2D eigenvalue weighted by Crippen LogP contribution is -2.34. The van der Waals surface area contributed by atoms with Gasteiger partial charge in [-0.05, 0) is 36.5 Å². The van der Waals surface area contributed by atoms with Gasteiger partial charge < -0.3 is 15.7 Å². The van der Waals surface area contributed by atoms with E-state index in [0.29, 0.717) is 19.1 Å². The Hall–Kier alpha value is -0.770. The molecule has 0 atom stereocenters. The summed E-state index contributed by atoms with van der Waals surface area (Å²) >= 11 is 6.27. The standard InChI is InChI=1S/C13H19ClN2O/c14-12-7-11(8-15)1-2-13(12)16-5-3-10(9-17)4-6-16/h1-2,7,10,17H,3-6,8-9,15H2. The molecule has 0 aromatic heterocycles. The zero-order valence-corrected chi connectivity index (χ0v) is 10.7. The van der Waals surface area contributed by atoms with Crippen molar-refractivity contribution in [3.05, 3.63) is 28.8 Å². The van der Waals surface area contributed by atoms with E-state index in [4.69, 9.17) is 22.4 Å². The second-order valence-electron chi connectivity index (χ2n) is 4.60. The van der Waals surface area contributed by atoms with Crippen molar-refractivity contribution in [1.29, 1.82) is 0 Å². The topological polar surface area (TPSA) is 49.5 Å². The average molecular weight is 255 g/mol. The van der Waals surface area contributed by atoms with E-state index in [-0.39, 0.29) is 0 Å². The van der Waals surface area contributed by atoms with Gasteiger partial charge in [-0.3, -0.25) is 0 Å². The van der Waals surface area contributed by atoms with Crippen LogP contribution in [-0.2, 0) is 6.54 Å². The van der Waals surface area contributed by atoms with Crippen molar-refractivity contribution < 1.29 is 5.11 Å². The van der Waals surface area contributed by atoms with Crippen LogP contribution in [0.15, 0.2) is 18.2 Å². The highest BCUT2D eigenvalue weighted by Gasteiger charge is 2.20. The molecule has 17 heavy (non-hydrogen) atoms. The minimum atomic E-state index is 0.299. The molecule has 4 heteroatoms. The Morgan fingerprint density at radius 1 is 1.35 bits per heavy atom. The van der Waals surface area contributed by atoms with E-state index in [1.807, 2.05) is 18.2 Å². The predicted molar refractivity (Wildman–Crippen MR) is 71.4 cm³/mol. The summed E-state index contributed by atoms with van der Waals surface area (Å²) in [7, 11) is 0. The Kier molecular flexibility index (Phi) is 4.26. The Morgan fingerprint density at radius 3 is 2.59 bits per heavy atom. The molecule has 2 rings (SSSR count). The molecule has 0 spiro atoms. The number of anilines is 1. The van der Waals surface area contributed by atoms with Crippen molar-refractivity contribution in [2.24, 2.45) is 11.7 Å². The van der Waals surface area contributed by atoms with Gasteiger partial charge in [0, 0.05) is 26.2 Å². The maximum atomic E-state index is 9.11. The summed E-state index contributed by atoms with van der Waals surface area (Å²) in [6, 6.07) is 6.01. The molecule has 0 radical (unpaired) electrons. The van der Waals surface area contributed by atoms with Crippen LogP contribution in [-0.4, -0.2) is 24.8 Å². The second-order valence-corrected chi connectivity index (χ2v) is 5.01. The minimum Gasteiger partial charge on any atom is -0.396 e. The molecule has 0 amide bonds. The molecular weight excluding hydrogens is 236 g/mol. The van der Waals surface area contributed by atoms with Crippen LogP contribution in [0.25, 0.3) is 0 Å². The molecule has 1 saturated heterocycles. The van der Waals surface area contributed by atoms with E-state index < -0.39 is 0 Å². The second kappa shape index (κ2) is 5.71. The van der Waals surface area contributed by atoms with Crippen LogP contribution < -0.4 is 10.6 Å². The number of aliphatic hydroxyl groups is 1. The van der Waals surface area contributed by atoms with Crippen LogP contribution in [0.4, 0.5) is 5.69 Å². The largest absolute Gasteiger partial charge is 0.396 e. The van der Waals surface area contributed by atoms with Crippen molar-refractivity contribution in [3.63, 3.8) is 0 Å². The zero-order valence-electron chi connectivity index (χ0n) is 9.90. The van der Waals surface area contributed by atoms with Gasteiger partial charge in [0.15, 0.2) is 0 Å². The number of hydrogen-bond donors (Lipinski definition) is 2. The molecule has 0 aliphatic carbocycles. The fraction of sp³-hybridized carbons (Fsp3) is 0.538. The van der Waals surface area contributed by atoms with E-state index in [9.17, 15) is 0 Å². The predicted octanol–water partition coefficient (Wildman–Crippen LogP) is 2.01. The van der Waals surface area contributed by atoms with Crippen LogP contribution in [0.2, 0.25) is 5.02 Å². The third-order valence-electron chi connectivity index (χ3n) is 3.46. The summed E-state index contributed by atoms with van der Waals surface area (Å²) in [5.74, 6) is 0.452. The first-order chi connectivity index (χ1) is 8.24. The van der Waals surface area contributed by atoms with Gasteiger partial charge in [-0.2, -0.15) is 0 Å². The number of nitrogens with zero attached hydrogens (tertiary/aromatic N) is 1. The molecule has 3 nitrogen and oxygen atoms in total. The normalized spacial score (nSPS) is 17.5. The van der Waals surface area contributed by atoms with Crippen LogP contribution in [0.5, 0.6) is 0 Å². The van der Waals surface area contributed by atoms with Gasteiger partial charge in [-0.1, -0.05) is 17.7 Å². The molecule has 1 aromatic carbocycles. The van der Waals surface area contributed by atoms with Crippen LogP contribution >= 0.6 is 11.6 Å². The van der Waals surface area contributed by atoms with E-state index in [0.717, 1.165) is 42.2 Å². The number of piperidine rings is 1. The first-order valence-corrected chi connectivity index (χ1v) is 6.46. The molecule has 1 fully saturated rings. The monoisotopic (exact) mass is 254 g/mol. The quantitative estimate of drug-likeness (QED) is 0.868. The SMILES string of the molecule is NCc1ccc(N2CCC(CO)CC2)c(Cl)c1. The fourth-order valence-electron chi connectivity index (χ4n) is 2.29. The van der Waals surface area contributed by atoms with Crippen molar-refractivity contribution in [2.75, 3.05) is 24.6 Å². The highest BCUT2D eigenvalue weighted by molar-refractivity contribution is 6.33. The lowest BCUT2D eigenvalue weighted by Gasteiger charge is -2.33.